The Hall–Kier alpha value is -0.610. The number of carboxylic acids is 1. The highest BCUT2D eigenvalue weighted by Gasteiger charge is 2.09. The molecule has 0 aromatic rings. The smallest absolute Gasteiger partial charge is 0.306 e. The molecule has 1 atom stereocenters. The van der Waals surface area contributed by atoms with E-state index in [1.54, 1.807) is 0 Å². The van der Waals surface area contributed by atoms with Crippen LogP contribution in [0, 0.1) is 5.92 Å². The molecule has 0 saturated carbocycles. The fraction of sp³-hybridized carbons (Fsp3) is 0.900. The fourth-order valence-corrected chi connectivity index (χ4v) is 1.31. The molecule has 0 aliphatic heterocycles. The van der Waals surface area contributed by atoms with Crippen molar-refractivity contribution in [2.75, 3.05) is 13.1 Å². The van der Waals surface area contributed by atoms with E-state index in [1.165, 1.54) is 0 Å². The first-order chi connectivity index (χ1) is 6.60. The summed E-state index contributed by atoms with van der Waals surface area (Å²) in [5.74, 6) is -0.339. The van der Waals surface area contributed by atoms with Gasteiger partial charge >= 0.3 is 5.97 Å². The van der Waals surface area contributed by atoms with E-state index >= 15 is 0 Å². The Kier molecular flexibility index (Phi) is 7.42. The van der Waals surface area contributed by atoms with Crippen LogP contribution in [0.25, 0.3) is 0 Å². The van der Waals surface area contributed by atoms with Crippen molar-refractivity contribution in [2.45, 2.75) is 39.2 Å². The number of carbonyl (C=O) groups is 1. The molecule has 3 N–H and O–H groups in total. The summed E-state index contributed by atoms with van der Waals surface area (Å²) in [6.07, 6.45) is 1.26. The van der Waals surface area contributed by atoms with E-state index in [4.69, 9.17) is 5.11 Å². The minimum atomic E-state index is -0.957. The van der Waals surface area contributed by atoms with Crippen LogP contribution in [0.1, 0.15) is 33.1 Å². The second-order valence-electron chi connectivity index (χ2n) is 3.59. The topological polar surface area (TPSA) is 69.6 Å². The summed E-state index contributed by atoms with van der Waals surface area (Å²) < 4.78 is 0. The number of aliphatic hydroxyl groups excluding tert-OH is 1. The van der Waals surface area contributed by atoms with Crippen molar-refractivity contribution in [3.8, 4) is 0 Å². The predicted octanol–water partition coefficient (Wildman–Crippen LogP) is 0.848. The van der Waals surface area contributed by atoms with Crippen LogP contribution < -0.4 is 5.32 Å². The molecule has 0 aromatic heterocycles. The average molecular weight is 203 g/mol. The lowest BCUT2D eigenvalue weighted by atomic mass is 10.0. The second kappa shape index (κ2) is 7.76. The fourth-order valence-electron chi connectivity index (χ4n) is 1.31. The van der Waals surface area contributed by atoms with Gasteiger partial charge in [-0.2, -0.15) is 0 Å². The van der Waals surface area contributed by atoms with Crippen molar-refractivity contribution < 1.29 is 15.0 Å². The molecule has 0 heterocycles. The quantitative estimate of drug-likeness (QED) is 0.547. The number of carboxylic acid groups (broad SMARTS) is 1. The van der Waals surface area contributed by atoms with Crippen molar-refractivity contribution in [3.63, 3.8) is 0 Å². The maximum atomic E-state index is 10.2. The van der Waals surface area contributed by atoms with E-state index < -0.39 is 12.1 Å². The molecule has 0 rings (SSSR count). The highest BCUT2D eigenvalue weighted by atomic mass is 16.4. The van der Waals surface area contributed by atoms with Gasteiger partial charge in [0.1, 0.15) is 0 Å². The Balaban J connectivity index is 3.47. The number of aliphatic hydroxyl groups is 1. The Morgan fingerprint density at radius 3 is 2.29 bits per heavy atom. The van der Waals surface area contributed by atoms with Gasteiger partial charge in [0.2, 0.25) is 0 Å². The molecule has 0 fully saturated rings. The van der Waals surface area contributed by atoms with Crippen molar-refractivity contribution in [1.82, 2.24) is 5.32 Å². The van der Waals surface area contributed by atoms with Gasteiger partial charge in [-0.05, 0) is 12.5 Å². The molecular formula is C10H21NO3. The van der Waals surface area contributed by atoms with Gasteiger partial charge in [0.25, 0.3) is 0 Å². The molecule has 14 heavy (non-hydrogen) atoms. The molecule has 4 heteroatoms. The Morgan fingerprint density at radius 1 is 1.29 bits per heavy atom. The molecule has 0 amide bonds. The molecule has 0 aliphatic carbocycles. The summed E-state index contributed by atoms with van der Waals surface area (Å²) in [7, 11) is 0. The van der Waals surface area contributed by atoms with Crippen LogP contribution in [-0.2, 0) is 4.79 Å². The molecular weight excluding hydrogens is 182 g/mol. The second-order valence-corrected chi connectivity index (χ2v) is 3.59. The van der Waals surface area contributed by atoms with E-state index in [2.05, 4.69) is 19.2 Å². The Morgan fingerprint density at radius 2 is 1.86 bits per heavy atom. The van der Waals surface area contributed by atoms with Crippen LogP contribution in [0.4, 0.5) is 0 Å². The zero-order valence-corrected chi connectivity index (χ0v) is 8.99. The van der Waals surface area contributed by atoms with E-state index in [9.17, 15) is 9.90 Å². The molecule has 4 nitrogen and oxygen atoms in total. The van der Waals surface area contributed by atoms with Crippen molar-refractivity contribution >= 4 is 5.97 Å². The van der Waals surface area contributed by atoms with Gasteiger partial charge in [-0.1, -0.05) is 26.7 Å². The van der Waals surface area contributed by atoms with Crippen molar-refractivity contribution in [1.29, 1.82) is 0 Å². The van der Waals surface area contributed by atoms with E-state index in [-0.39, 0.29) is 6.42 Å². The van der Waals surface area contributed by atoms with E-state index in [1.807, 2.05) is 0 Å². The third-order valence-corrected chi connectivity index (χ3v) is 2.38. The monoisotopic (exact) mass is 203 g/mol. The molecule has 0 aliphatic rings. The molecule has 0 aromatic carbocycles. The third kappa shape index (κ3) is 6.86. The van der Waals surface area contributed by atoms with Crippen LogP contribution >= 0.6 is 0 Å². The molecule has 0 spiro atoms. The zero-order chi connectivity index (χ0) is 11.0. The highest BCUT2D eigenvalue weighted by Crippen LogP contribution is 2.04. The SMILES string of the molecule is CCC(CC)CNCC(O)CC(=O)O. The maximum absolute atomic E-state index is 10.2. The van der Waals surface area contributed by atoms with Gasteiger partial charge in [-0.25, -0.2) is 0 Å². The zero-order valence-electron chi connectivity index (χ0n) is 8.99. The van der Waals surface area contributed by atoms with Gasteiger partial charge in [-0.15, -0.1) is 0 Å². The first kappa shape index (κ1) is 13.4. The maximum Gasteiger partial charge on any atom is 0.306 e. The van der Waals surface area contributed by atoms with Crippen LogP contribution in [0.2, 0.25) is 0 Å². The van der Waals surface area contributed by atoms with Crippen LogP contribution in [-0.4, -0.2) is 35.4 Å². The first-order valence-electron chi connectivity index (χ1n) is 5.20. The van der Waals surface area contributed by atoms with Crippen molar-refractivity contribution in [2.24, 2.45) is 5.92 Å². The number of hydrogen-bond donors (Lipinski definition) is 3. The summed E-state index contributed by atoms with van der Waals surface area (Å²) in [5, 5.41) is 20.7. The van der Waals surface area contributed by atoms with Gasteiger partial charge < -0.3 is 15.5 Å². The third-order valence-electron chi connectivity index (χ3n) is 2.38. The van der Waals surface area contributed by atoms with Gasteiger partial charge in [0.15, 0.2) is 0 Å². The largest absolute Gasteiger partial charge is 0.481 e. The first-order valence-corrected chi connectivity index (χ1v) is 5.20. The van der Waals surface area contributed by atoms with Crippen LogP contribution in [0.15, 0.2) is 0 Å². The van der Waals surface area contributed by atoms with E-state index in [0.717, 1.165) is 19.4 Å². The lowest BCUT2D eigenvalue weighted by Crippen LogP contribution is -2.32. The molecule has 1 unspecified atom stereocenters. The molecule has 0 radical (unpaired) electrons. The van der Waals surface area contributed by atoms with Gasteiger partial charge in [0, 0.05) is 6.54 Å². The lowest BCUT2D eigenvalue weighted by Gasteiger charge is -2.15. The number of nitrogens with one attached hydrogen (secondary N) is 1. The summed E-state index contributed by atoms with van der Waals surface area (Å²) in [5.41, 5.74) is 0. The molecule has 0 saturated heterocycles. The number of rotatable bonds is 8. The summed E-state index contributed by atoms with van der Waals surface area (Å²) in [6, 6.07) is 0. The Labute approximate surface area is 85.3 Å². The standard InChI is InChI=1S/C10H21NO3/c1-3-8(4-2)6-11-7-9(12)5-10(13)14/h8-9,11-12H,3-7H2,1-2H3,(H,13,14). The van der Waals surface area contributed by atoms with Gasteiger partial charge in [0.05, 0.1) is 12.5 Å². The van der Waals surface area contributed by atoms with Gasteiger partial charge in [-0.3, -0.25) is 4.79 Å². The molecule has 84 valence electrons. The van der Waals surface area contributed by atoms with Crippen LogP contribution in [0.3, 0.4) is 0 Å². The summed E-state index contributed by atoms with van der Waals surface area (Å²) in [4.78, 5) is 10.2. The predicted molar refractivity (Wildman–Crippen MR) is 55.2 cm³/mol. The summed E-state index contributed by atoms with van der Waals surface area (Å²) in [6.45, 7) is 5.47. The Bertz CT molecular complexity index is 157. The highest BCUT2D eigenvalue weighted by molar-refractivity contribution is 5.67. The molecule has 0 bridgehead atoms. The number of aliphatic carboxylic acids is 1. The normalized spacial score (nSPS) is 13.1. The minimum absolute atomic E-state index is 0.185. The lowest BCUT2D eigenvalue weighted by molar-refractivity contribution is -0.139. The average Bonchev–Trinajstić information content (AvgIpc) is 2.11. The number of hydrogen-bond acceptors (Lipinski definition) is 3. The van der Waals surface area contributed by atoms with E-state index in [0.29, 0.717) is 12.5 Å². The van der Waals surface area contributed by atoms with Crippen molar-refractivity contribution in [3.05, 3.63) is 0 Å². The summed E-state index contributed by atoms with van der Waals surface area (Å²) >= 11 is 0. The van der Waals surface area contributed by atoms with Crippen LogP contribution in [0.5, 0.6) is 0 Å². The minimum Gasteiger partial charge on any atom is -0.481 e.